The van der Waals surface area contributed by atoms with Crippen molar-refractivity contribution in [2.45, 2.75) is 19.6 Å². The molecule has 2 aromatic carbocycles. The van der Waals surface area contributed by atoms with Crippen LogP contribution in [0.2, 0.25) is 0 Å². The third kappa shape index (κ3) is 4.55. The maximum atomic E-state index is 12.7. The fraction of sp³-hybridized carbons (Fsp3) is 0.381. The second-order valence-corrected chi connectivity index (χ2v) is 6.50. The molecular weight excluding hydrogens is 328 g/mol. The average molecular weight is 354 g/mol. The molecule has 2 aromatic rings. The van der Waals surface area contributed by atoms with E-state index in [1.165, 1.54) is 5.56 Å². The third-order valence-corrected chi connectivity index (χ3v) is 4.65. The highest BCUT2D eigenvalue weighted by molar-refractivity contribution is 5.81. The smallest absolute Gasteiger partial charge is 0.263 e. The first-order chi connectivity index (χ1) is 12.7. The summed E-state index contributed by atoms with van der Waals surface area (Å²) in [6, 6.07) is 17.8. The molecule has 1 fully saturated rings. The predicted molar refractivity (Wildman–Crippen MR) is 101 cm³/mol. The van der Waals surface area contributed by atoms with Gasteiger partial charge >= 0.3 is 0 Å². The molecule has 1 aliphatic rings. The van der Waals surface area contributed by atoms with Gasteiger partial charge in [-0.05, 0) is 24.6 Å². The van der Waals surface area contributed by atoms with E-state index in [-0.39, 0.29) is 5.91 Å². The Morgan fingerprint density at radius 2 is 1.58 bits per heavy atom. The average Bonchev–Trinajstić information content (AvgIpc) is 2.69. The summed E-state index contributed by atoms with van der Waals surface area (Å²) in [6.07, 6.45) is -0.535. The van der Waals surface area contributed by atoms with Gasteiger partial charge in [-0.1, -0.05) is 42.5 Å². The molecule has 1 heterocycles. The second kappa shape index (κ2) is 8.72. The first kappa shape index (κ1) is 18.3. The summed E-state index contributed by atoms with van der Waals surface area (Å²) in [5.74, 6) is 1.26. The van der Waals surface area contributed by atoms with E-state index in [1.54, 1.807) is 14.0 Å². The van der Waals surface area contributed by atoms with Crippen LogP contribution in [0.15, 0.2) is 54.6 Å². The van der Waals surface area contributed by atoms with Gasteiger partial charge in [-0.2, -0.15) is 0 Å². The highest BCUT2D eigenvalue weighted by Crippen LogP contribution is 2.27. The van der Waals surface area contributed by atoms with E-state index in [0.717, 1.165) is 32.7 Å². The number of carbonyl (C=O) groups is 1. The Balaban J connectivity index is 1.51. The van der Waals surface area contributed by atoms with Gasteiger partial charge in [0.05, 0.1) is 7.11 Å². The summed E-state index contributed by atoms with van der Waals surface area (Å²) in [7, 11) is 1.60. The zero-order valence-electron chi connectivity index (χ0n) is 15.4. The Kier molecular flexibility index (Phi) is 6.12. The van der Waals surface area contributed by atoms with Crippen LogP contribution in [0.25, 0.3) is 0 Å². The maximum absolute atomic E-state index is 12.7. The van der Waals surface area contributed by atoms with Crippen LogP contribution < -0.4 is 9.47 Å². The SMILES string of the molecule is COc1ccccc1O[C@@H](C)C(=O)N1CCN(Cc2ccccc2)CC1. The lowest BCUT2D eigenvalue weighted by Gasteiger charge is -2.36. The molecule has 0 aromatic heterocycles. The topological polar surface area (TPSA) is 42.0 Å². The molecule has 0 spiro atoms. The van der Waals surface area contributed by atoms with Crippen LogP contribution in [0, 0.1) is 0 Å². The van der Waals surface area contributed by atoms with Crippen molar-refractivity contribution in [2.24, 2.45) is 0 Å². The zero-order chi connectivity index (χ0) is 18.4. The first-order valence-electron chi connectivity index (χ1n) is 9.02. The number of rotatable bonds is 6. The Morgan fingerprint density at radius 3 is 2.23 bits per heavy atom. The van der Waals surface area contributed by atoms with Gasteiger partial charge < -0.3 is 14.4 Å². The van der Waals surface area contributed by atoms with Crippen molar-refractivity contribution in [3.63, 3.8) is 0 Å². The Bertz CT molecular complexity index is 712. The number of nitrogens with zero attached hydrogens (tertiary/aromatic N) is 2. The first-order valence-corrected chi connectivity index (χ1v) is 9.02. The minimum atomic E-state index is -0.535. The molecule has 5 heteroatoms. The molecule has 0 bridgehead atoms. The fourth-order valence-electron chi connectivity index (χ4n) is 3.18. The molecule has 0 radical (unpaired) electrons. The number of para-hydroxylation sites is 2. The number of hydrogen-bond donors (Lipinski definition) is 0. The molecule has 138 valence electrons. The van der Waals surface area contributed by atoms with E-state index in [9.17, 15) is 4.79 Å². The summed E-state index contributed by atoms with van der Waals surface area (Å²) in [5.41, 5.74) is 1.31. The lowest BCUT2D eigenvalue weighted by molar-refractivity contribution is -0.139. The van der Waals surface area contributed by atoms with Crippen molar-refractivity contribution in [2.75, 3.05) is 33.3 Å². The molecule has 1 saturated heterocycles. The minimum absolute atomic E-state index is 0.0234. The second-order valence-electron chi connectivity index (χ2n) is 6.50. The van der Waals surface area contributed by atoms with Gasteiger partial charge in [0, 0.05) is 32.7 Å². The Hall–Kier alpha value is -2.53. The summed E-state index contributed by atoms with van der Waals surface area (Å²) in [6.45, 7) is 5.93. The molecule has 1 amide bonds. The third-order valence-electron chi connectivity index (χ3n) is 4.65. The molecule has 1 aliphatic heterocycles. The van der Waals surface area contributed by atoms with Crippen molar-refractivity contribution in [1.82, 2.24) is 9.80 Å². The van der Waals surface area contributed by atoms with E-state index < -0.39 is 6.10 Å². The molecule has 0 saturated carbocycles. The van der Waals surface area contributed by atoms with Gasteiger partial charge in [-0.25, -0.2) is 0 Å². The Morgan fingerprint density at radius 1 is 0.962 bits per heavy atom. The van der Waals surface area contributed by atoms with Crippen molar-refractivity contribution < 1.29 is 14.3 Å². The molecule has 0 aliphatic carbocycles. The highest BCUT2D eigenvalue weighted by atomic mass is 16.5. The standard InChI is InChI=1S/C21H26N2O3/c1-17(26-20-11-7-6-10-19(20)25-2)21(24)23-14-12-22(13-15-23)16-18-8-4-3-5-9-18/h3-11,17H,12-16H2,1-2H3/t17-/m0/s1. The van der Waals surface area contributed by atoms with Crippen LogP contribution in [0.3, 0.4) is 0 Å². The van der Waals surface area contributed by atoms with Crippen molar-refractivity contribution in [3.8, 4) is 11.5 Å². The molecule has 1 atom stereocenters. The normalized spacial score (nSPS) is 16.2. The number of hydrogen-bond acceptors (Lipinski definition) is 4. The zero-order valence-corrected chi connectivity index (χ0v) is 15.4. The van der Waals surface area contributed by atoms with Gasteiger partial charge in [0.2, 0.25) is 0 Å². The van der Waals surface area contributed by atoms with Gasteiger partial charge in [0.25, 0.3) is 5.91 Å². The summed E-state index contributed by atoms with van der Waals surface area (Å²) >= 11 is 0. The van der Waals surface area contributed by atoms with E-state index in [4.69, 9.17) is 9.47 Å². The number of amides is 1. The number of benzene rings is 2. The lowest BCUT2D eigenvalue weighted by Crippen LogP contribution is -2.51. The monoisotopic (exact) mass is 354 g/mol. The van der Waals surface area contributed by atoms with Crippen LogP contribution >= 0.6 is 0 Å². The molecule has 3 rings (SSSR count). The summed E-state index contributed by atoms with van der Waals surface area (Å²) in [4.78, 5) is 17.0. The largest absolute Gasteiger partial charge is 0.493 e. The van der Waals surface area contributed by atoms with Crippen LogP contribution in [-0.2, 0) is 11.3 Å². The highest BCUT2D eigenvalue weighted by Gasteiger charge is 2.26. The van der Waals surface area contributed by atoms with Crippen LogP contribution in [0.5, 0.6) is 11.5 Å². The summed E-state index contributed by atoms with van der Waals surface area (Å²) in [5, 5.41) is 0. The quantitative estimate of drug-likeness (QED) is 0.800. The summed E-state index contributed by atoms with van der Waals surface area (Å²) < 4.78 is 11.1. The van der Waals surface area contributed by atoms with Crippen molar-refractivity contribution in [3.05, 3.63) is 60.2 Å². The maximum Gasteiger partial charge on any atom is 0.263 e. The van der Waals surface area contributed by atoms with E-state index >= 15 is 0 Å². The van der Waals surface area contributed by atoms with Crippen LogP contribution in [0.1, 0.15) is 12.5 Å². The van der Waals surface area contributed by atoms with E-state index in [2.05, 4.69) is 29.2 Å². The van der Waals surface area contributed by atoms with Crippen molar-refractivity contribution in [1.29, 1.82) is 0 Å². The number of carbonyl (C=O) groups excluding carboxylic acids is 1. The van der Waals surface area contributed by atoms with Gasteiger partial charge in [-0.3, -0.25) is 9.69 Å². The predicted octanol–water partition coefficient (Wildman–Crippen LogP) is 2.81. The Labute approximate surface area is 155 Å². The van der Waals surface area contributed by atoms with Crippen LogP contribution in [0.4, 0.5) is 0 Å². The number of piperazine rings is 1. The molecule has 0 unspecified atom stereocenters. The molecule has 0 N–H and O–H groups in total. The van der Waals surface area contributed by atoms with Gasteiger partial charge in [-0.15, -0.1) is 0 Å². The molecule has 26 heavy (non-hydrogen) atoms. The van der Waals surface area contributed by atoms with Crippen molar-refractivity contribution >= 4 is 5.91 Å². The molecular formula is C21H26N2O3. The number of ether oxygens (including phenoxy) is 2. The molecule has 5 nitrogen and oxygen atoms in total. The van der Waals surface area contributed by atoms with E-state index in [0.29, 0.717) is 11.5 Å². The van der Waals surface area contributed by atoms with Crippen LogP contribution in [-0.4, -0.2) is 55.1 Å². The number of methoxy groups -OCH3 is 1. The lowest BCUT2D eigenvalue weighted by atomic mass is 10.2. The van der Waals surface area contributed by atoms with Gasteiger partial charge in [0.15, 0.2) is 17.6 Å². The van der Waals surface area contributed by atoms with E-state index in [1.807, 2.05) is 35.2 Å². The fourth-order valence-corrected chi connectivity index (χ4v) is 3.18. The minimum Gasteiger partial charge on any atom is -0.493 e. The van der Waals surface area contributed by atoms with Gasteiger partial charge in [0.1, 0.15) is 0 Å².